The maximum atomic E-state index is 13.8. The van der Waals surface area contributed by atoms with Gasteiger partial charge in [0.05, 0.1) is 5.57 Å². The number of hydrogen-bond donors (Lipinski definition) is 2. The molecular formula is C29H28ClN5OS. The fourth-order valence-corrected chi connectivity index (χ4v) is 5.58. The summed E-state index contributed by atoms with van der Waals surface area (Å²) in [6.07, 6.45) is 0. The summed E-state index contributed by atoms with van der Waals surface area (Å²) in [4.78, 5) is 18.5. The van der Waals surface area contributed by atoms with E-state index in [2.05, 4.69) is 47.9 Å². The van der Waals surface area contributed by atoms with Crippen molar-refractivity contribution in [2.45, 2.75) is 44.6 Å². The number of carbonyl (C=O) groups excluding carboxylic acids is 1. The van der Waals surface area contributed by atoms with Crippen molar-refractivity contribution in [1.29, 1.82) is 0 Å². The van der Waals surface area contributed by atoms with Crippen LogP contribution in [0, 0.1) is 20.8 Å². The molecule has 188 valence electrons. The molecule has 0 fully saturated rings. The Morgan fingerprint density at radius 1 is 1.03 bits per heavy atom. The summed E-state index contributed by atoms with van der Waals surface area (Å²) in [5.74, 6) is 1.11. The maximum absolute atomic E-state index is 13.8. The van der Waals surface area contributed by atoms with E-state index in [0.29, 0.717) is 27.4 Å². The van der Waals surface area contributed by atoms with Crippen molar-refractivity contribution in [1.82, 2.24) is 14.8 Å². The molecule has 0 saturated carbocycles. The van der Waals surface area contributed by atoms with Gasteiger partial charge in [0.25, 0.3) is 5.91 Å². The van der Waals surface area contributed by atoms with Crippen molar-refractivity contribution in [2.75, 3.05) is 10.6 Å². The molecule has 2 N–H and O–H groups in total. The summed E-state index contributed by atoms with van der Waals surface area (Å²) >= 11 is 8.22. The fourth-order valence-electron chi connectivity index (χ4n) is 4.56. The zero-order valence-corrected chi connectivity index (χ0v) is 22.7. The van der Waals surface area contributed by atoms with E-state index < -0.39 is 6.04 Å². The molecular weight excluding hydrogens is 502 g/mol. The number of allylic oxidation sites excluding steroid dienone is 1. The van der Waals surface area contributed by atoms with Crippen LogP contribution >= 0.6 is 23.4 Å². The van der Waals surface area contributed by atoms with E-state index in [4.69, 9.17) is 21.7 Å². The van der Waals surface area contributed by atoms with Crippen LogP contribution in [0.25, 0.3) is 0 Å². The molecule has 8 heteroatoms. The quantitative estimate of drug-likeness (QED) is 0.261. The number of carbonyl (C=O) groups is 1. The highest BCUT2D eigenvalue weighted by atomic mass is 35.5. The highest BCUT2D eigenvalue weighted by Crippen LogP contribution is 2.39. The van der Waals surface area contributed by atoms with Gasteiger partial charge in [0.15, 0.2) is 0 Å². The van der Waals surface area contributed by atoms with Crippen LogP contribution in [-0.4, -0.2) is 20.7 Å². The van der Waals surface area contributed by atoms with Gasteiger partial charge in [0.1, 0.15) is 6.04 Å². The van der Waals surface area contributed by atoms with Gasteiger partial charge in [-0.05, 0) is 51.0 Å². The summed E-state index contributed by atoms with van der Waals surface area (Å²) in [7, 11) is 0. The Morgan fingerprint density at radius 3 is 2.57 bits per heavy atom. The monoisotopic (exact) mass is 529 g/mol. The van der Waals surface area contributed by atoms with Crippen molar-refractivity contribution in [3.63, 3.8) is 0 Å². The zero-order chi connectivity index (χ0) is 26.1. The first kappa shape index (κ1) is 25.1. The van der Waals surface area contributed by atoms with E-state index in [0.717, 1.165) is 28.1 Å². The molecule has 1 atom stereocenters. The SMILES string of the molecule is CC1=C(C(=O)Nc2ccc(C)cc2C)C(c2ccccc2Cl)n2nc(SCc3cccc(C)c3)nc2N1. The Labute approximate surface area is 226 Å². The molecule has 0 radical (unpaired) electrons. The number of nitrogens with zero attached hydrogens (tertiary/aromatic N) is 3. The molecule has 0 aliphatic carbocycles. The Hall–Kier alpha value is -3.55. The lowest BCUT2D eigenvalue weighted by Crippen LogP contribution is -2.31. The zero-order valence-electron chi connectivity index (χ0n) is 21.2. The molecule has 0 spiro atoms. The molecule has 1 unspecified atom stereocenters. The number of aryl methyl sites for hydroxylation is 3. The van der Waals surface area contributed by atoms with Crippen molar-refractivity contribution in [2.24, 2.45) is 0 Å². The average Bonchev–Trinajstić information content (AvgIpc) is 3.26. The molecule has 0 bridgehead atoms. The normalized spacial score (nSPS) is 14.8. The summed E-state index contributed by atoms with van der Waals surface area (Å²) in [5.41, 5.74) is 7.38. The number of rotatable bonds is 6. The molecule has 5 rings (SSSR count). The van der Waals surface area contributed by atoms with E-state index in [1.54, 1.807) is 16.4 Å². The van der Waals surface area contributed by atoms with Crippen LogP contribution < -0.4 is 10.6 Å². The Balaban J connectivity index is 1.50. The second-order valence-corrected chi connectivity index (χ2v) is 10.7. The average molecular weight is 530 g/mol. The van der Waals surface area contributed by atoms with E-state index in [-0.39, 0.29) is 5.91 Å². The number of nitrogens with one attached hydrogen (secondary N) is 2. The smallest absolute Gasteiger partial charge is 0.255 e. The summed E-state index contributed by atoms with van der Waals surface area (Å²) < 4.78 is 1.77. The van der Waals surface area contributed by atoms with Crippen LogP contribution in [0.5, 0.6) is 0 Å². The van der Waals surface area contributed by atoms with Gasteiger partial charge >= 0.3 is 0 Å². The van der Waals surface area contributed by atoms with E-state index in [1.807, 2.05) is 57.2 Å². The third-order valence-corrected chi connectivity index (χ3v) is 7.61. The van der Waals surface area contributed by atoms with E-state index in [9.17, 15) is 4.79 Å². The predicted molar refractivity (Wildman–Crippen MR) is 151 cm³/mol. The third-order valence-electron chi connectivity index (χ3n) is 6.36. The minimum Gasteiger partial charge on any atom is -0.328 e. The Kier molecular flexibility index (Phi) is 7.09. The lowest BCUT2D eigenvalue weighted by Gasteiger charge is -2.29. The van der Waals surface area contributed by atoms with Crippen molar-refractivity contribution in [3.8, 4) is 0 Å². The van der Waals surface area contributed by atoms with Gasteiger partial charge in [-0.2, -0.15) is 4.98 Å². The largest absolute Gasteiger partial charge is 0.328 e. The van der Waals surface area contributed by atoms with Gasteiger partial charge in [-0.25, -0.2) is 4.68 Å². The Bertz CT molecular complexity index is 1530. The topological polar surface area (TPSA) is 71.8 Å². The first-order chi connectivity index (χ1) is 17.8. The highest BCUT2D eigenvalue weighted by molar-refractivity contribution is 7.98. The number of fused-ring (bicyclic) bond motifs is 1. The standard InChI is InChI=1S/C29H28ClN5OS/c1-17-8-7-9-21(15-17)16-37-29-33-28-31-20(4)25(27(36)32-24-13-12-18(2)14-19(24)3)26(35(28)34-29)22-10-5-6-11-23(22)30/h5-15,26H,16H2,1-4H3,(H,32,36)(H,31,33,34). The lowest BCUT2D eigenvalue weighted by molar-refractivity contribution is -0.113. The van der Waals surface area contributed by atoms with Crippen LogP contribution in [-0.2, 0) is 10.5 Å². The molecule has 3 aromatic carbocycles. The summed E-state index contributed by atoms with van der Waals surface area (Å²) in [6.45, 7) is 7.99. The second-order valence-electron chi connectivity index (χ2n) is 9.30. The number of aromatic nitrogens is 3. The highest BCUT2D eigenvalue weighted by Gasteiger charge is 2.35. The van der Waals surface area contributed by atoms with Gasteiger partial charge in [0.2, 0.25) is 11.1 Å². The van der Waals surface area contributed by atoms with Gasteiger partial charge < -0.3 is 10.6 Å². The molecule has 1 aliphatic rings. The molecule has 6 nitrogen and oxygen atoms in total. The van der Waals surface area contributed by atoms with Crippen LogP contribution in [0.15, 0.2) is 83.2 Å². The van der Waals surface area contributed by atoms with Crippen LogP contribution in [0.2, 0.25) is 5.02 Å². The summed E-state index contributed by atoms with van der Waals surface area (Å²) in [5, 5.41) is 12.4. The van der Waals surface area contributed by atoms with E-state index >= 15 is 0 Å². The minimum absolute atomic E-state index is 0.211. The fraction of sp³-hybridized carbons (Fsp3) is 0.207. The van der Waals surface area contributed by atoms with Gasteiger partial charge in [-0.1, -0.05) is 89.1 Å². The molecule has 1 aromatic heterocycles. The van der Waals surface area contributed by atoms with Gasteiger partial charge in [-0.3, -0.25) is 4.79 Å². The van der Waals surface area contributed by atoms with Crippen molar-refractivity contribution >= 4 is 40.9 Å². The number of hydrogen-bond acceptors (Lipinski definition) is 5. The third kappa shape index (κ3) is 5.29. The molecule has 4 aromatic rings. The minimum atomic E-state index is -0.531. The maximum Gasteiger partial charge on any atom is 0.255 e. The molecule has 0 saturated heterocycles. The molecule has 1 amide bonds. The van der Waals surface area contributed by atoms with Gasteiger partial charge in [0, 0.05) is 27.7 Å². The second kappa shape index (κ2) is 10.4. The van der Waals surface area contributed by atoms with Crippen LogP contribution in [0.1, 0.15) is 40.8 Å². The number of anilines is 2. The first-order valence-electron chi connectivity index (χ1n) is 12.1. The summed E-state index contributed by atoms with van der Waals surface area (Å²) in [6, 6.07) is 21.4. The number of amides is 1. The van der Waals surface area contributed by atoms with Crippen molar-refractivity contribution in [3.05, 3.63) is 111 Å². The predicted octanol–water partition coefficient (Wildman–Crippen LogP) is 7.08. The number of benzene rings is 3. The Morgan fingerprint density at radius 2 is 1.81 bits per heavy atom. The molecule has 2 heterocycles. The number of thioether (sulfide) groups is 1. The van der Waals surface area contributed by atoms with Crippen LogP contribution in [0.3, 0.4) is 0 Å². The van der Waals surface area contributed by atoms with E-state index in [1.165, 1.54) is 11.1 Å². The number of halogens is 1. The van der Waals surface area contributed by atoms with Crippen LogP contribution in [0.4, 0.5) is 11.6 Å². The van der Waals surface area contributed by atoms with Crippen molar-refractivity contribution < 1.29 is 4.79 Å². The first-order valence-corrected chi connectivity index (χ1v) is 13.4. The molecule has 37 heavy (non-hydrogen) atoms. The van der Waals surface area contributed by atoms with Gasteiger partial charge in [-0.15, -0.1) is 5.10 Å². The lowest BCUT2D eigenvalue weighted by atomic mass is 9.95. The molecule has 1 aliphatic heterocycles.